The fourth-order valence-electron chi connectivity index (χ4n) is 1.53. The zero-order valence-electron chi connectivity index (χ0n) is 8.97. The molecule has 0 aliphatic carbocycles. The quantitative estimate of drug-likeness (QED) is 0.762. The summed E-state index contributed by atoms with van der Waals surface area (Å²) in [4.78, 5) is 5.48. The van der Waals surface area contributed by atoms with Gasteiger partial charge < -0.3 is 4.74 Å². The van der Waals surface area contributed by atoms with Gasteiger partial charge in [0.1, 0.15) is 6.61 Å². The van der Waals surface area contributed by atoms with Gasteiger partial charge in [-0.1, -0.05) is 26.0 Å². The summed E-state index contributed by atoms with van der Waals surface area (Å²) in [6.07, 6.45) is 0. The molecule has 1 aromatic rings. The van der Waals surface area contributed by atoms with Crippen molar-refractivity contribution in [2.24, 2.45) is 10.9 Å². The topological polar surface area (TPSA) is 21.6 Å². The Morgan fingerprint density at radius 2 is 2.13 bits per heavy atom. The van der Waals surface area contributed by atoms with Crippen LogP contribution in [0.5, 0.6) is 0 Å². The molecular weight excluding hydrogens is 206 g/mol. The molecule has 0 N–H and O–H groups in total. The van der Waals surface area contributed by atoms with Crippen LogP contribution in [0.3, 0.4) is 0 Å². The van der Waals surface area contributed by atoms with Gasteiger partial charge in [-0.05, 0) is 18.1 Å². The summed E-state index contributed by atoms with van der Waals surface area (Å²) in [5.41, 5.74) is 0.990. The molecule has 2 rings (SSSR count). The molecule has 1 heterocycles. The van der Waals surface area contributed by atoms with Gasteiger partial charge in [-0.2, -0.15) is 0 Å². The molecule has 15 heavy (non-hydrogen) atoms. The van der Waals surface area contributed by atoms with Crippen molar-refractivity contribution in [1.29, 1.82) is 0 Å². The Morgan fingerprint density at radius 1 is 1.40 bits per heavy atom. The first-order chi connectivity index (χ1) is 7.18. The number of rotatable bonds is 2. The van der Waals surface area contributed by atoms with Crippen LogP contribution in [0.1, 0.15) is 19.4 Å². The highest BCUT2D eigenvalue weighted by Gasteiger charge is 2.23. The molecular formula is C12H15NOS. The molecule has 1 aromatic carbocycles. The SMILES string of the molecule is CC(C)[C@@H]1COC(c2ccccc2S)=N1. The summed E-state index contributed by atoms with van der Waals surface area (Å²) < 4.78 is 5.59. The van der Waals surface area contributed by atoms with Gasteiger partial charge in [-0.25, -0.2) is 4.99 Å². The molecule has 0 aromatic heterocycles. The molecule has 0 fully saturated rings. The predicted octanol–water partition coefficient (Wildman–Crippen LogP) is 2.78. The third-order valence-corrected chi connectivity index (χ3v) is 2.97. The van der Waals surface area contributed by atoms with E-state index in [1.165, 1.54) is 0 Å². The van der Waals surface area contributed by atoms with E-state index in [4.69, 9.17) is 4.74 Å². The second kappa shape index (κ2) is 4.27. The second-order valence-electron chi connectivity index (χ2n) is 4.07. The smallest absolute Gasteiger partial charge is 0.217 e. The lowest BCUT2D eigenvalue weighted by Crippen LogP contribution is -2.13. The molecule has 0 saturated heterocycles. The van der Waals surface area contributed by atoms with E-state index in [0.29, 0.717) is 12.5 Å². The predicted molar refractivity (Wildman–Crippen MR) is 64.8 cm³/mol. The fraction of sp³-hybridized carbons (Fsp3) is 0.417. The summed E-state index contributed by atoms with van der Waals surface area (Å²) >= 11 is 4.39. The standard InChI is InChI=1S/C12H15NOS/c1-8(2)10-7-14-12(13-10)9-5-3-4-6-11(9)15/h3-6,8,10,15H,7H2,1-2H3/t10-/m0/s1. The number of ether oxygens (including phenoxy) is 1. The van der Waals surface area contributed by atoms with Gasteiger partial charge in [0.2, 0.25) is 5.90 Å². The van der Waals surface area contributed by atoms with Crippen LogP contribution in [0.15, 0.2) is 34.2 Å². The van der Waals surface area contributed by atoms with Crippen LogP contribution in [0, 0.1) is 5.92 Å². The zero-order valence-corrected chi connectivity index (χ0v) is 9.87. The highest BCUT2D eigenvalue weighted by molar-refractivity contribution is 7.80. The maximum atomic E-state index is 5.59. The number of aliphatic imine (C=N–C) groups is 1. The molecule has 80 valence electrons. The van der Waals surface area contributed by atoms with Crippen molar-refractivity contribution in [3.05, 3.63) is 29.8 Å². The highest BCUT2D eigenvalue weighted by Crippen LogP contribution is 2.21. The number of benzene rings is 1. The monoisotopic (exact) mass is 221 g/mol. The molecule has 0 radical (unpaired) electrons. The summed E-state index contributed by atoms with van der Waals surface area (Å²) in [5.74, 6) is 1.26. The lowest BCUT2D eigenvalue weighted by atomic mass is 10.1. The summed E-state index contributed by atoms with van der Waals surface area (Å²) in [7, 11) is 0. The largest absolute Gasteiger partial charge is 0.475 e. The van der Waals surface area contributed by atoms with Gasteiger partial charge >= 0.3 is 0 Å². The molecule has 1 aliphatic rings. The van der Waals surface area contributed by atoms with Crippen LogP contribution in [0.4, 0.5) is 0 Å². The van der Waals surface area contributed by atoms with Crippen LogP contribution in [0.25, 0.3) is 0 Å². The first-order valence-corrected chi connectivity index (χ1v) is 5.62. The van der Waals surface area contributed by atoms with Crippen LogP contribution < -0.4 is 0 Å². The zero-order chi connectivity index (χ0) is 10.8. The van der Waals surface area contributed by atoms with E-state index >= 15 is 0 Å². The molecule has 0 bridgehead atoms. The average Bonchev–Trinajstić information content (AvgIpc) is 2.67. The van der Waals surface area contributed by atoms with Crippen molar-refractivity contribution in [1.82, 2.24) is 0 Å². The van der Waals surface area contributed by atoms with Crippen molar-refractivity contribution >= 4 is 18.5 Å². The first kappa shape index (κ1) is 10.6. The Kier molecular flexibility index (Phi) is 3.00. The molecule has 3 heteroatoms. The van der Waals surface area contributed by atoms with Crippen molar-refractivity contribution in [3.8, 4) is 0 Å². The molecule has 0 unspecified atom stereocenters. The normalized spacial score (nSPS) is 20.3. The Labute approximate surface area is 95.8 Å². The molecule has 1 atom stereocenters. The molecule has 0 amide bonds. The number of nitrogens with zero attached hydrogens (tertiary/aromatic N) is 1. The highest BCUT2D eigenvalue weighted by atomic mass is 32.1. The molecule has 0 saturated carbocycles. The van der Waals surface area contributed by atoms with Gasteiger partial charge in [-0.3, -0.25) is 0 Å². The van der Waals surface area contributed by atoms with Crippen molar-refractivity contribution in [2.45, 2.75) is 24.8 Å². The fourth-order valence-corrected chi connectivity index (χ4v) is 1.79. The van der Waals surface area contributed by atoms with Gasteiger partial charge in [0.15, 0.2) is 0 Å². The van der Waals surface area contributed by atoms with Crippen LogP contribution in [-0.4, -0.2) is 18.5 Å². The Bertz CT molecular complexity index is 387. The van der Waals surface area contributed by atoms with Crippen LogP contribution in [0.2, 0.25) is 0 Å². The first-order valence-electron chi connectivity index (χ1n) is 5.17. The maximum Gasteiger partial charge on any atom is 0.217 e. The maximum absolute atomic E-state index is 5.59. The van der Waals surface area contributed by atoms with Gasteiger partial charge in [0, 0.05) is 10.5 Å². The van der Waals surface area contributed by atoms with Gasteiger partial charge in [0.05, 0.1) is 6.04 Å². The van der Waals surface area contributed by atoms with Gasteiger partial charge in [-0.15, -0.1) is 12.6 Å². The van der Waals surface area contributed by atoms with E-state index in [1.54, 1.807) is 0 Å². The number of thiol groups is 1. The average molecular weight is 221 g/mol. The van der Waals surface area contributed by atoms with E-state index in [0.717, 1.165) is 16.4 Å². The Hall–Kier alpha value is -0.960. The van der Waals surface area contributed by atoms with E-state index in [1.807, 2.05) is 24.3 Å². The van der Waals surface area contributed by atoms with E-state index in [-0.39, 0.29) is 6.04 Å². The van der Waals surface area contributed by atoms with E-state index in [2.05, 4.69) is 31.5 Å². The van der Waals surface area contributed by atoms with Gasteiger partial charge in [0.25, 0.3) is 0 Å². The molecule has 1 aliphatic heterocycles. The number of hydrogen-bond acceptors (Lipinski definition) is 3. The Balaban J connectivity index is 2.27. The van der Waals surface area contributed by atoms with Crippen molar-refractivity contribution < 1.29 is 4.74 Å². The molecule has 2 nitrogen and oxygen atoms in total. The summed E-state index contributed by atoms with van der Waals surface area (Å²) in [6, 6.07) is 8.16. The lowest BCUT2D eigenvalue weighted by Gasteiger charge is -2.06. The number of hydrogen-bond donors (Lipinski definition) is 1. The summed E-state index contributed by atoms with van der Waals surface area (Å²) in [6.45, 7) is 5.01. The van der Waals surface area contributed by atoms with Crippen molar-refractivity contribution in [3.63, 3.8) is 0 Å². The third-order valence-electron chi connectivity index (χ3n) is 2.58. The van der Waals surface area contributed by atoms with Crippen LogP contribution in [-0.2, 0) is 4.74 Å². The van der Waals surface area contributed by atoms with E-state index in [9.17, 15) is 0 Å². The second-order valence-corrected chi connectivity index (χ2v) is 4.56. The molecule has 0 spiro atoms. The van der Waals surface area contributed by atoms with Crippen molar-refractivity contribution in [2.75, 3.05) is 6.61 Å². The lowest BCUT2D eigenvalue weighted by molar-refractivity contribution is 0.291. The van der Waals surface area contributed by atoms with E-state index < -0.39 is 0 Å². The van der Waals surface area contributed by atoms with Crippen LogP contribution >= 0.6 is 12.6 Å². The minimum Gasteiger partial charge on any atom is -0.475 e. The summed E-state index contributed by atoms with van der Waals surface area (Å²) in [5, 5.41) is 0. The minimum absolute atomic E-state index is 0.285. The minimum atomic E-state index is 0.285. The third kappa shape index (κ3) is 2.17. The Morgan fingerprint density at radius 3 is 2.73 bits per heavy atom.